The largest absolute Gasteiger partial charge is 0.507 e. The number of phenolic OH excluding ortho intramolecular Hbond substituents is 2. The molecule has 6 rings (SSSR count). The van der Waals surface area contributed by atoms with Crippen LogP contribution in [0.3, 0.4) is 0 Å². The van der Waals surface area contributed by atoms with E-state index in [0.717, 1.165) is 52.7 Å². The molecule has 0 radical (unpaired) electrons. The maximum atomic E-state index is 10.2. The van der Waals surface area contributed by atoms with Gasteiger partial charge in [0.05, 0.1) is 31.6 Å². The lowest BCUT2D eigenvalue weighted by Gasteiger charge is -2.01. The van der Waals surface area contributed by atoms with Crippen molar-refractivity contribution >= 4 is 43.1 Å². The Hall–Kier alpha value is -3.74. The summed E-state index contributed by atoms with van der Waals surface area (Å²) in [5.74, 6) is 0.477. The number of hydrogen-bond acceptors (Lipinski definition) is 6. The minimum absolute atomic E-state index is 0.239. The number of fused-ring (bicyclic) bond motifs is 2. The summed E-state index contributed by atoms with van der Waals surface area (Å²) < 4.78 is 2.14. The third-order valence-corrected chi connectivity index (χ3v) is 7.48. The molecule has 0 aliphatic carbocycles. The van der Waals surface area contributed by atoms with Gasteiger partial charge in [-0.25, -0.2) is 9.97 Å². The number of benzene rings is 4. The third-order valence-electron chi connectivity index (χ3n) is 5.38. The van der Waals surface area contributed by atoms with Gasteiger partial charge in [0.1, 0.15) is 21.5 Å². The van der Waals surface area contributed by atoms with E-state index in [-0.39, 0.29) is 11.5 Å². The molecule has 0 bridgehead atoms. The first-order valence-electron chi connectivity index (χ1n) is 10.0. The highest BCUT2D eigenvalue weighted by atomic mass is 32.1. The molecule has 0 atom stereocenters. The predicted octanol–water partition coefficient (Wildman–Crippen LogP) is 7.32. The normalized spacial score (nSPS) is 11.4. The molecule has 0 fully saturated rings. The third kappa shape index (κ3) is 3.21. The summed E-state index contributed by atoms with van der Waals surface area (Å²) in [5, 5.41) is 22.0. The number of rotatable bonds is 3. The Morgan fingerprint density at radius 2 is 0.969 bits per heavy atom. The SMILES string of the molecule is Oc1ccccc1-c1nc2ccc(-c3ccc4nc(-c5ccccc5O)sc4c3)cc2s1. The van der Waals surface area contributed by atoms with E-state index < -0.39 is 0 Å². The molecule has 32 heavy (non-hydrogen) atoms. The molecule has 0 aliphatic rings. The number of hydrogen-bond donors (Lipinski definition) is 2. The fourth-order valence-electron chi connectivity index (χ4n) is 3.75. The van der Waals surface area contributed by atoms with Gasteiger partial charge in [0, 0.05) is 0 Å². The van der Waals surface area contributed by atoms with E-state index in [2.05, 4.69) is 24.3 Å². The molecule has 6 aromatic rings. The van der Waals surface area contributed by atoms with Gasteiger partial charge in [0.15, 0.2) is 0 Å². The molecule has 4 nitrogen and oxygen atoms in total. The molecule has 0 spiro atoms. The Morgan fingerprint density at radius 3 is 1.41 bits per heavy atom. The van der Waals surface area contributed by atoms with Gasteiger partial charge in [-0.3, -0.25) is 0 Å². The van der Waals surface area contributed by atoms with Crippen LogP contribution in [0.15, 0.2) is 84.9 Å². The average molecular weight is 453 g/mol. The van der Waals surface area contributed by atoms with Crippen LogP contribution in [-0.2, 0) is 0 Å². The first-order chi connectivity index (χ1) is 15.7. The van der Waals surface area contributed by atoms with Crippen LogP contribution in [-0.4, -0.2) is 20.2 Å². The zero-order chi connectivity index (χ0) is 21.7. The lowest BCUT2D eigenvalue weighted by molar-refractivity contribution is 0.477. The average Bonchev–Trinajstić information content (AvgIpc) is 3.42. The molecule has 2 heterocycles. The summed E-state index contributed by atoms with van der Waals surface area (Å²) in [6.45, 7) is 0. The van der Waals surface area contributed by atoms with E-state index in [0.29, 0.717) is 0 Å². The van der Waals surface area contributed by atoms with Crippen LogP contribution in [0.2, 0.25) is 0 Å². The second-order valence-electron chi connectivity index (χ2n) is 7.44. The van der Waals surface area contributed by atoms with Crippen molar-refractivity contribution in [1.82, 2.24) is 9.97 Å². The quantitative estimate of drug-likeness (QED) is 0.295. The van der Waals surface area contributed by atoms with Crippen molar-refractivity contribution < 1.29 is 10.2 Å². The van der Waals surface area contributed by atoms with Crippen molar-refractivity contribution in [2.75, 3.05) is 0 Å². The Bertz CT molecular complexity index is 1500. The van der Waals surface area contributed by atoms with Gasteiger partial charge in [0.2, 0.25) is 0 Å². The Balaban J connectivity index is 1.41. The van der Waals surface area contributed by atoms with Gasteiger partial charge >= 0.3 is 0 Å². The highest BCUT2D eigenvalue weighted by Crippen LogP contribution is 2.39. The highest BCUT2D eigenvalue weighted by Gasteiger charge is 2.13. The highest BCUT2D eigenvalue weighted by molar-refractivity contribution is 7.22. The van der Waals surface area contributed by atoms with Crippen LogP contribution in [0.1, 0.15) is 0 Å². The van der Waals surface area contributed by atoms with Crippen LogP contribution in [0.5, 0.6) is 11.5 Å². The molecule has 2 aromatic heterocycles. The minimum Gasteiger partial charge on any atom is -0.507 e. The van der Waals surface area contributed by atoms with Gasteiger partial charge in [-0.1, -0.05) is 36.4 Å². The zero-order valence-corrected chi connectivity index (χ0v) is 18.3. The second-order valence-corrected chi connectivity index (χ2v) is 9.50. The Kier molecular flexibility index (Phi) is 4.41. The molecular formula is C26H16N2O2S2. The minimum atomic E-state index is 0.239. The lowest BCUT2D eigenvalue weighted by Crippen LogP contribution is -1.79. The van der Waals surface area contributed by atoms with Crippen molar-refractivity contribution in [1.29, 1.82) is 0 Å². The maximum absolute atomic E-state index is 10.2. The summed E-state index contributed by atoms with van der Waals surface area (Å²) in [7, 11) is 0. The number of para-hydroxylation sites is 2. The van der Waals surface area contributed by atoms with Crippen molar-refractivity contribution in [3.63, 3.8) is 0 Å². The second kappa shape index (κ2) is 7.44. The number of phenols is 2. The molecule has 6 heteroatoms. The van der Waals surface area contributed by atoms with E-state index in [1.807, 2.05) is 48.5 Å². The summed E-state index contributed by atoms with van der Waals surface area (Å²) >= 11 is 3.14. The molecule has 0 aliphatic heterocycles. The van der Waals surface area contributed by atoms with Crippen molar-refractivity contribution in [2.45, 2.75) is 0 Å². The zero-order valence-electron chi connectivity index (χ0n) is 16.7. The first kappa shape index (κ1) is 19.0. The fourth-order valence-corrected chi connectivity index (χ4v) is 5.83. The number of nitrogens with zero attached hydrogens (tertiary/aromatic N) is 2. The molecule has 0 unspecified atom stereocenters. The fraction of sp³-hybridized carbons (Fsp3) is 0. The smallest absolute Gasteiger partial charge is 0.128 e. The van der Waals surface area contributed by atoms with Crippen LogP contribution in [0, 0.1) is 0 Å². The van der Waals surface area contributed by atoms with Gasteiger partial charge in [-0.05, 0) is 59.7 Å². The van der Waals surface area contributed by atoms with Crippen LogP contribution >= 0.6 is 22.7 Å². The summed E-state index contributed by atoms with van der Waals surface area (Å²) in [6, 6.07) is 27.0. The first-order valence-corrected chi connectivity index (χ1v) is 11.7. The number of aromatic nitrogens is 2. The Labute approximate surface area is 191 Å². The number of aromatic hydroxyl groups is 2. The van der Waals surface area contributed by atoms with Gasteiger partial charge in [-0.2, -0.15) is 0 Å². The maximum Gasteiger partial charge on any atom is 0.128 e. The monoisotopic (exact) mass is 452 g/mol. The van der Waals surface area contributed by atoms with Crippen molar-refractivity contribution in [3.05, 3.63) is 84.9 Å². The molecule has 0 saturated carbocycles. The van der Waals surface area contributed by atoms with E-state index in [4.69, 9.17) is 9.97 Å². The van der Waals surface area contributed by atoms with E-state index >= 15 is 0 Å². The summed E-state index contributed by atoms with van der Waals surface area (Å²) in [4.78, 5) is 9.40. The molecule has 4 aromatic carbocycles. The van der Waals surface area contributed by atoms with Crippen molar-refractivity contribution in [2.24, 2.45) is 0 Å². The van der Waals surface area contributed by atoms with Crippen LogP contribution in [0.25, 0.3) is 52.7 Å². The topological polar surface area (TPSA) is 66.2 Å². The number of thiazole rings is 2. The molecule has 0 amide bonds. The van der Waals surface area contributed by atoms with E-state index in [1.165, 1.54) is 0 Å². The summed E-state index contributed by atoms with van der Waals surface area (Å²) in [6.07, 6.45) is 0. The van der Waals surface area contributed by atoms with Gasteiger partial charge < -0.3 is 10.2 Å². The standard InChI is InChI=1S/C26H16N2O2S2/c29-21-7-3-1-5-17(21)25-27-19-11-9-15(13-23(19)31-25)16-10-12-20-24(14-16)32-26(28-20)18-6-2-4-8-22(18)30/h1-14,29-30H. The summed E-state index contributed by atoms with van der Waals surface area (Å²) in [5.41, 5.74) is 5.53. The van der Waals surface area contributed by atoms with Crippen molar-refractivity contribution in [3.8, 4) is 43.8 Å². The van der Waals surface area contributed by atoms with Crippen LogP contribution in [0.4, 0.5) is 0 Å². The molecule has 154 valence electrons. The molecule has 0 saturated heterocycles. The van der Waals surface area contributed by atoms with E-state index in [1.54, 1.807) is 34.8 Å². The van der Waals surface area contributed by atoms with E-state index in [9.17, 15) is 10.2 Å². The lowest BCUT2D eigenvalue weighted by atomic mass is 10.1. The van der Waals surface area contributed by atoms with Gasteiger partial charge in [-0.15, -0.1) is 22.7 Å². The van der Waals surface area contributed by atoms with Crippen LogP contribution < -0.4 is 0 Å². The Morgan fingerprint density at radius 1 is 0.531 bits per heavy atom. The van der Waals surface area contributed by atoms with Gasteiger partial charge in [0.25, 0.3) is 0 Å². The molecular weight excluding hydrogens is 436 g/mol. The predicted molar refractivity (Wildman–Crippen MR) is 132 cm³/mol. The molecule has 2 N–H and O–H groups in total.